The number of nitrogens with one attached hydrogen (secondary N) is 2. The molecular weight excluding hydrogens is 681 g/mol. The van der Waals surface area contributed by atoms with E-state index in [1.807, 2.05) is 0 Å². The van der Waals surface area contributed by atoms with Crippen molar-refractivity contribution in [2.75, 3.05) is 13.2 Å². The number of hydrogen-bond acceptors (Lipinski definition) is 6. The molecule has 2 atom stereocenters. The minimum atomic E-state index is -1.39. The molecule has 0 rings (SSSR count). The summed E-state index contributed by atoms with van der Waals surface area (Å²) in [4.78, 5) is 47.4. The largest absolute Gasteiger partial charge is 0.480 e. The number of hydrogen-bond donors (Lipinski definition) is 4. The second kappa shape index (κ2) is 39.0. The van der Waals surface area contributed by atoms with Gasteiger partial charge in [0.05, 0.1) is 13.2 Å². The maximum Gasteiger partial charge on any atom is 0.328 e. The summed E-state index contributed by atoms with van der Waals surface area (Å²) in [5.74, 6) is -2.40. The molecule has 0 spiro atoms. The number of unbranched alkanes of at least 4 members (excludes halogenated alkanes) is 10. The van der Waals surface area contributed by atoms with E-state index < -0.39 is 24.5 Å². The minimum absolute atomic E-state index is 0.0538. The van der Waals surface area contributed by atoms with E-state index in [9.17, 15) is 19.2 Å². The average Bonchev–Trinajstić information content (AvgIpc) is 3.15. The SMILES string of the molecule is CC/C=C\C/C=C\C/C=C\C/C=C\C/C=C\C/C=C\CCC(=O)OC(CCCCCCCCC)CCCCCCCC(=O)NCC(=O)NC(CO)C(=O)O. The van der Waals surface area contributed by atoms with E-state index in [0.717, 1.165) is 83.5 Å². The van der Waals surface area contributed by atoms with E-state index >= 15 is 0 Å². The lowest BCUT2D eigenvalue weighted by Gasteiger charge is -2.18. The van der Waals surface area contributed by atoms with Crippen molar-refractivity contribution in [1.29, 1.82) is 0 Å². The Morgan fingerprint density at radius 3 is 1.52 bits per heavy atom. The highest BCUT2D eigenvalue weighted by Crippen LogP contribution is 2.18. The summed E-state index contributed by atoms with van der Waals surface area (Å²) in [6.07, 6.45) is 48.0. The van der Waals surface area contributed by atoms with Crippen LogP contribution in [0.25, 0.3) is 0 Å². The van der Waals surface area contributed by atoms with Crippen LogP contribution in [0.2, 0.25) is 0 Å². The Labute approximate surface area is 327 Å². The molecule has 0 bridgehead atoms. The lowest BCUT2D eigenvalue weighted by Crippen LogP contribution is -2.47. The molecule has 54 heavy (non-hydrogen) atoms. The van der Waals surface area contributed by atoms with E-state index in [2.05, 4.69) is 97.4 Å². The van der Waals surface area contributed by atoms with Gasteiger partial charge in [0.15, 0.2) is 0 Å². The van der Waals surface area contributed by atoms with Gasteiger partial charge in [-0.3, -0.25) is 14.4 Å². The number of aliphatic carboxylic acids is 1. The Hall–Kier alpha value is -3.72. The van der Waals surface area contributed by atoms with Gasteiger partial charge in [-0.1, -0.05) is 145 Å². The van der Waals surface area contributed by atoms with E-state index in [-0.39, 0.29) is 30.9 Å². The van der Waals surface area contributed by atoms with Gasteiger partial charge in [0.25, 0.3) is 0 Å². The summed E-state index contributed by atoms with van der Waals surface area (Å²) in [5.41, 5.74) is 0. The smallest absolute Gasteiger partial charge is 0.328 e. The van der Waals surface area contributed by atoms with Crippen LogP contribution in [0, 0.1) is 0 Å². The van der Waals surface area contributed by atoms with Gasteiger partial charge in [-0.15, -0.1) is 0 Å². The van der Waals surface area contributed by atoms with Crippen molar-refractivity contribution in [3.63, 3.8) is 0 Å². The number of allylic oxidation sites excluding steroid dienone is 12. The van der Waals surface area contributed by atoms with Crippen LogP contribution < -0.4 is 10.6 Å². The van der Waals surface area contributed by atoms with Crippen molar-refractivity contribution in [3.05, 3.63) is 72.9 Å². The Morgan fingerprint density at radius 1 is 0.574 bits per heavy atom. The van der Waals surface area contributed by atoms with Crippen LogP contribution >= 0.6 is 0 Å². The molecule has 0 heterocycles. The third kappa shape index (κ3) is 35.3. The number of ether oxygens (including phenoxy) is 1. The topological polar surface area (TPSA) is 142 Å². The molecule has 0 saturated carbocycles. The number of carbonyl (C=O) groups is 4. The van der Waals surface area contributed by atoms with E-state index in [1.54, 1.807) is 0 Å². The molecular formula is C45H74N2O7. The van der Waals surface area contributed by atoms with Gasteiger partial charge in [0, 0.05) is 12.8 Å². The number of carboxylic acids is 1. The second-order valence-electron chi connectivity index (χ2n) is 13.7. The van der Waals surface area contributed by atoms with Crippen LogP contribution in [-0.2, 0) is 23.9 Å². The highest BCUT2D eigenvalue weighted by atomic mass is 16.5. The fraction of sp³-hybridized carbons (Fsp3) is 0.644. The van der Waals surface area contributed by atoms with Crippen molar-refractivity contribution >= 4 is 23.8 Å². The van der Waals surface area contributed by atoms with Crippen LogP contribution in [0.5, 0.6) is 0 Å². The molecule has 306 valence electrons. The third-order valence-corrected chi connectivity index (χ3v) is 8.73. The molecule has 0 aliphatic heterocycles. The first-order valence-electron chi connectivity index (χ1n) is 20.8. The molecule has 0 aliphatic rings. The Morgan fingerprint density at radius 2 is 1.04 bits per heavy atom. The summed E-state index contributed by atoms with van der Waals surface area (Å²) in [7, 11) is 0. The van der Waals surface area contributed by atoms with E-state index in [0.29, 0.717) is 19.3 Å². The van der Waals surface area contributed by atoms with Crippen LogP contribution in [0.3, 0.4) is 0 Å². The zero-order chi connectivity index (χ0) is 39.7. The molecule has 0 fully saturated rings. The van der Waals surface area contributed by atoms with Crippen LogP contribution in [0.4, 0.5) is 0 Å². The van der Waals surface area contributed by atoms with Crippen molar-refractivity contribution in [2.45, 2.75) is 174 Å². The number of carboxylic acid groups (broad SMARTS) is 1. The number of aliphatic hydroxyl groups excluding tert-OH is 1. The van der Waals surface area contributed by atoms with Crippen LogP contribution in [-0.4, -0.2) is 59.3 Å². The van der Waals surface area contributed by atoms with Gasteiger partial charge in [-0.05, 0) is 77.0 Å². The molecule has 2 amide bonds. The van der Waals surface area contributed by atoms with Crippen molar-refractivity contribution < 1.29 is 34.1 Å². The molecule has 0 saturated heterocycles. The lowest BCUT2D eigenvalue weighted by atomic mass is 10.0. The summed E-state index contributed by atoms with van der Waals surface area (Å²) in [5, 5.41) is 22.5. The van der Waals surface area contributed by atoms with Gasteiger partial charge in [-0.25, -0.2) is 4.79 Å². The number of carbonyl (C=O) groups excluding carboxylic acids is 3. The molecule has 0 aliphatic carbocycles. The predicted octanol–water partition coefficient (Wildman–Crippen LogP) is 9.93. The highest BCUT2D eigenvalue weighted by Gasteiger charge is 2.19. The first kappa shape index (κ1) is 50.3. The Balaban J connectivity index is 4.31. The van der Waals surface area contributed by atoms with Gasteiger partial charge in [0.2, 0.25) is 11.8 Å². The number of esters is 1. The monoisotopic (exact) mass is 755 g/mol. The fourth-order valence-electron chi connectivity index (χ4n) is 5.56. The minimum Gasteiger partial charge on any atom is -0.480 e. The van der Waals surface area contributed by atoms with E-state index in [1.165, 1.54) is 38.5 Å². The van der Waals surface area contributed by atoms with Gasteiger partial charge < -0.3 is 25.6 Å². The maximum atomic E-state index is 12.7. The standard InChI is InChI=1S/C45H74N2O7/c1-3-5-7-9-11-12-13-14-15-16-17-18-19-20-21-22-24-29-33-37-44(51)54-40(34-30-26-23-10-8-6-4-2)35-31-27-25-28-32-36-42(49)46-38-43(50)47-41(39-48)45(52)53/h5,7,11-12,14-15,17-18,20-21,24,29,40-41,48H,3-4,6,8-10,13,16,19,22-23,25-28,30-39H2,1-2H3,(H,46,49)(H,47,50)(H,52,53)/b7-5-,12-11-,15-14-,18-17-,21-20-,29-24-. The molecule has 9 heteroatoms. The maximum absolute atomic E-state index is 12.7. The number of rotatable bonds is 36. The molecule has 0 aromatic carbocycles. The number of aliphatic hydroxyl groups is 1. The summed E-state index contributed by atoms with van der Waals surface area (Å²) >= 11 is 0. The van der Waals surface area contributed by atoms with Crippen molar-refractivity contribution in [3.8, 4) is 0 Å². The fourth-order valence-corrected chi connectivity index (χ4v) is 5.56. The molecule has 4 N–H and O–H groups in total. The second-order valence-corrected chi connectivity index (χ2v) is 13.7. The summed E-state index contributed by atoms with van der Waals surface area (Å²) in [6.45, 7) is 3.32. The van der Waals surface area contributed by atoms with Gasteiger partial charge in [0.1, 0.15) is 12.1 Å². The molecule has 0 aromatic rings. The third-order valence-electron chi connectivity index (χ3n) is 8.73. The normalized spacial score (nSPS) is 13.2. The first-order chi connectivity index (χ1) is 26.3. The zero-order valence-corrected chi connectivity index (χ0v) is 33.7. The summed E-state index contributed by atoms with van der Waals surface area (Å²) < 4.78 is 5.95. The highest BCUT2D eigenvalue weighted by molar-refractivity contribution is 5.87. The Kier molecular flexibility index (Phi) is 36.3. The molecule has 0 radical (unpaired) electrons. The lowest BCUT2D eigenvalue weighted by molar-refractivity contribution is -0.149. The van der Waals surface area contributed by atoms with Gasteiger partial charge in [-0.2, -0.15) is 0 Å². The average molecular weight is 755 g/mol. The van der Waals surface area contributed by atoms with Crippen LogP contribution in [0.15, 0.2) is 72.9 Å². The van der Waals surface area contributed by atoms with Crippen molar-refractivity contribution in [2.24, 2.45) is 0 Å². The van der Waals surface area contributed by atoms with Crippen LogP contribution in [0.1, 0.15) is 162 Å². The first-order valence-corrected chi connectivity index (χ1v) is 20.8. The predicted molar refractivity (Wildman–Crippen MR) is 222 cm³/mol. The molecule has 2 unspecified atom stereocenters. The van der Waals surface area contributed by atoms with Crippen molar-refractivity contribution in [1.82, 2.24) is 10.6 Å². The summed E-state index contributed by atoms with van der Waals surface area (Å²) in [6, 6.07) is -1.39. The molecule has 0 aromatic heterocycles. The Bertz CT molecular complexity index is 1140. The zero-order valence-electron chi connectivity index (χ0n) is 33.7. The van der Waals surface area contributed by atoms with E-state index in [4.69, 9.17) is 14.9 Å². The quantitative estimate of drug-likeness (QED) is 0.0283. The number of amides is 2. The van der Waals surface area contributed by atoms with Gasteiger partial charge >= 0.3 is 11.9 Å². The molecule has 9 nitrogen and oxygen atoms in total.